The summed E-state index contributed by atoms with van der Waals surface area (Å²) in [5.41, 5.74) is 0.899. The van der Waals surface area contributed by atoms with E-state index in [1.807, 2.05) is 24.3 Å². The number of amides is 1. The number of pyridine rings is 2. The van der Waals surface area contributed by atoms with E-state index in [1.54, 1.807) is 20.2 Å². The van der Waals surface area contributed by atoms with Crippen molar-refractivity contribution >= 4 is 22.8 Å². The number of rotatable bonds is 5. The molecule has 0 radical (unpaired) electrons. The molecule has 208 valence electrons. The number of likely N-dealkylation sites (tertiary alicyclic amines) is 1. The number of halogens is 3. The molecule has 3 aromatic rings. The summed E-state index contributed by atoms with van der Waals surface area (Å²) in [7, 11) is 3.29. The molecule has 0 atom stereocenters. The molecule has 2 fully saturated rings. The number of piperidine rings is 1. The first-order valence-electron chi connectivity index (χ1n) is 13.2. The SMILES string of the molecule is CN(C)C(=O)Oc1cccc2ccc(CN3CCC(N4CCN(c5ccc(C(F)(F)F)cn5)CC4)CC3)nc12. The highest BCUT2D eigenvalue weighted by atomic mass is 19.4. The van der Waals surface area contributed by atoms with Gasteiger partial charge in [0.05, 0.1) is 11.3 Å². The Morgan fingerprint density at radius 3 is 2.38 bits per heavy atom. The van der Waals surface area contributed by atoms with E-state index in [2.05, 4.69) is 19.7 Å². The number of fused-ring (bicyclic) bond motifs is 1. The average Bonchev–Trinajstić information content (AvgIpc) is 2.93. The van der Waals surface area contributed by atoms with Crippen LogP contribution < -0.4 is 9.64 Å². The van der Waals surface area contributed by atoms with E-state index in [4.69, 9.17) is 9.72 Å². The molecule has 5 rings (SSSR count). The van der Waals surface area contributed by atoms with E-state index in [-0.39, 0.29) is 0 Å². The quantitative estimate of drug-likeness (QED) is 0.471. The molecule has 8 nitrogen and oxygen atoms in total. The molecule has 4 heterocycles. The van der Waals surface area contributed by atoms with E-state index >= 15 is 0 Å². The average molecular weight is 543 g/mol. The Kier molecular flexibility index (Phi) is 7.90. The second-order valence-electron chi connectivity index (χ2n) is 10.3. The molecule has 0 spiro atoms. The van der Waals surface area contributed by atoms with Gasteiger partial charge in [-0.15, -0.1) is 0 Å². The van der Waals surface area contributed by atoms with Crippen LogP contribution in [0.2, 0.25) is 0 Å². The van der Waals surface area contributed by atoms with Gasteiger partial charge < -0.3 is 14.5 Å². The van der Waals surface area contributed by atoms with Crippen LogP contribution in [0, 0.1) is 0 Å². The maximum Gasteiger partial charge on any atom is 0.417 e. The summed E-state index contributed by atoms with van der Waals surface area (Å²) in [5, 5.41) is 0.923. The van der Waals surface area contributed by atoms with E-state index in [0.29, 0.717) is 23.1 Å². The van der Waals surface area contributed by atoms with Crippen molar-refractivity contribution in [3.8, 4) is 5.75 Å². The van der Waals surface area contributed by atoms with Crippen LogP contribution in [0.1, 0.15) is 24.1 Å². The number of hydrogen-bond acceptors (Lipinski definition) is 7. The zero-order valence-electron chi connectivity index (χ0n) is 22.2. The van der Waals surface area contributed by atoms with Gasteiger partial charge in [0.25, 0.3) is 0 Å². The molecule has 0 unspecified atom stereocenters. The van der Waals surface area contributed by atoms with Crippen molar-refractivity contribution in [2.75, 3.05) is 58.3 Å². The predicted molar refractivity (Wildman–Crippen MR) is 143 cm³/mol. The molecule has 39 heavy (non-hydrogen) atoms. The zero-order chi connectivity index (χ0) is 27.6. The number of ether oxygens (including phenoxy) is 1. The number of piperazine rings is 1. The van der Waals surface area contributed by atoms with E-state index < -0.39 is 17.8 Å². The Hall–Kier alpha value is -3.44. The van der Waals surface area contributed by atoms with Gasteiger partial charge in [-0.25, -0.2) is 14.8 Å². The summed E-state index contributed by atoms with van der Waals surface area (Å²) in [4.78, 5) is 29.3. The zero-order valence-corrected chi connectivity index (χ0v) is 22.2. The molecule has 2 aromatic heterocycles. The van der Waals surface area contributed by atoms with Gasteiger partial charge in [-0.05, 0) is 37.1 Å². The van der Waals surface area contributed by atoms with Gasteiger partial charge in [0, 0.05) is 77.5 Å². The van der Waals surface area contributed by atoms with Crippen LogP contribution in [0.4, 0.5) is 23.8 Å². The number of para-hydroxylation sites is 1. The molecular formula is C28H33F3N6O2. The van der Waals surface area contributed by atoms with E-state index in [0.717, 1.165) is 82.0 Å². The lowest BCUT2D eigenvalue weighted by atomic mass is 10.0. The predicted octanol–water partition coefficient (Wildman–Crippen LogP) is 4.50. The molecule has 0 aliphatic carbocycles. The molecule has 2 saturated heterocycles. The topological polar surface area (TPSA) is 65.0 Å². The third-order valence-corrected chi connectivity index (χ3v) is 7.48. The minimum Gasteiger partial charge on any atom is -0.408 e. The highest BCUT2D eigenvalue weighted by molar-refractivity contribution is 5.87. The van der Waals surface area contributed by atoms with Crippen molar-refractivity contribution in [2.45, 2.75) is 31.6 Å². The number of hydrogen-bond donors (Lipinski definition) is 0. The van der Waals surface area contributed by atoms with Crippen molar-refractivity contribution in [3.05, 3.63) is 59.9 Å². The highest BCUT2D eigenvalue weighted by Gasteiger charge is 2.32. The lowest BCUT2D eigenvalue weighted by molar-refractivity contribution is -0.137. The van der Waals surface area contributed by atoms with Crippen LogP contribution >= 0.6 is 0 Å². The van der Waals surface area contributed by atoms with Crippen molar-refractivity contribution in [1.82, 2.24) is 24.7 Å². The molecule has 2 aliphatic heterocycles. The molecule has 2 aliphatic rings. The number of alkyl halides is 3. The summed E-state index contributed by atoms with van der Waals surface area (Å²) in [6.45, 7) is 5.89. The van der Waals surface area contributed by atoms with Crippen LogP contribution in [0.25, 0.3) is 10.9 Å². The van der Waals surface area contributed by atoms with E-state index in [1.165, 1.54) is 11.0 Å². The second-order valence-corrected chi connectivity index (χ2v) is 10.3. The summed E-state index contributed by atoms with van der Waals surface area (Å²) in [6, 6.07) is 12.7. The Morgan fingerprint density at radius 1 is 1.00 bits per heavy atom. The van der Waals surface area contributed by atoms with Gasteiger partial charge >= 0.3 is 12.3 Å². The maximum absolute atomic E-state index is 12.8. The molecule has 0 saturated carbocycles. The third kappa shape index (κ3) is 6.42. The van der Waals surface area contributed by atoms with Gasteiger partial charge in [-0.3, -0.25) is 9.80 Å². The summed E-state index contributed by atoms with van der Waals surface area (Å²) < 4.78 is 44.0. The molecule has 11 heteroatoms. The number of nitrogens with zero attached hydrogens (tertiary/aromatic N) is 6. The normalized spacial score (nSPS) is 17.9. The van der Waals surface area contributed by atoms with Gasteiger partial charge in [-0.1, -0.05) is 18.2 Å². The van der Waals surface area contributed by atoms with Crippen LogP contribution in [0.5, 0.6) is 5.75 Å². The molecular weight excluding hydrogens is 509 g/mol. The number of carbonyl (C=O) groups is 1. The van der Waals surface area contributed by atoms with Gasteiger partial charge in [0.2, 0.25) is 0 Å². The first-order valence-corrected chi connectivity index (χ1v) is 13.2. The number of carbonyl (C=O) groups excluding carboxylic acids is 1. The fourth-order valence-electron chi connectivity index (χ4n) is 5.24. The Balaban J connectivity index is 1.13. The summed E-state index contributed by atoms with van der Waals surface area (Å²) >= 11 is 0. The number of benzene rings is 1. The fraction of sp³-hybridized carbons (Fsp3) is 0.464. The summed E-state index contributed by atoms with van der Waals surface area (Å²) in [6.07, 6.45) is -1.78. The number of anilines is 1. The molecule has 0 bridgehead atoms. The van der Waals surface area contributed by atoms with Gasteiger partial charge in [-0.2, -0.15) is 13.2 Å². The number of aromatic nitrogens is 2. The van der Waals surface area contributed by atoms with Crippen LogP contribution in [-0.4, -0.2) is 90.2 Å². The minimum atomic E-state index is -4.37. The van der Waals surface area contributed by atoms with Crippen LogP contribution in [0.3, 0.4) is 0 Å². The first-order chi connectivity index (χ1) is 18.7. The largest absolute Gasteiger partial charge is 0.417 e. The van der Waals surface area contributed by atoms with Crippen LogP contribution in [-0.2, 0) is 12.7 Å². The lowest BCUT2D eigenvalue weighted by Crippen LogP contribution is -2.53. The Labute approximate surface area is 226 Å². The first kappa shape index (κ1) is 27.1. The second kappa shape index (κ2) is 11.4. The fourth-order valence-corrected chi connectivity index (χ4v) is 5.24. The molecule has 0 N–H and O–H groups in total. The molecule has 1 amide bonds. The van der Waals surface area contributed by atoms with E-state index in [9.17, 15) is 18.0 Å². The van der Waals surface area contributed by atoms with Crippen molar-refractivity contribution in [1.29, 1.82) is 0 Å². The van der Waals surface area contributed by atoms with Crippen LogP contribution in [0.15, 0.2) is 48.7 Å². The van der Waals surface area contributed by atoms with Crippen molar-refractivity contribution in [3.63, 3.8) is 0 Å². The summed E-state index contributed by atoms with van der Waals surface area (Å²) in [5.74, 6) is 1.05. The van der Waals surface area contributed by atoms with Gasteiger partial charge in [0.1, 0.15) is 11.3 Å². The van der Waals surface area contributed by atoms with Crippen molar-refractivity contribution < 1.29 is 22.7 Å². The Morgan fingerprint density at radius 2 is 1.74 bits per heavy atom. The lowest BCUT2D eigenvalue weighted by Gasteiger charge is -2.43. The standard InChI is InChI=1S/C28H33F3N6O2/c1-34(2)27(38)39-24-5-3-4-20-6-8-22(33-26(20)24)19-35-12-10-23(11-13-35)36-14-16-37(17-15-36)25-9-7-21(18-32-25)28(29,30)31/h3-9,18,23H,10-17,19H2,1-2H3. The smallest absolute Gasteiger partial charge is 0.408 e. The third-order valence-electron chi connectivity index (χ3n) is 7.48. The molecule has 1 aromatic carbocycles. The Bertz CT molecular complexity index is 1280. The van der Waals surface area contributed by atoms with Gasteiger partial charge in [0.15, 0.2) is 5.75 Å². The van der Waals surface area contributed by atoms with Crippen molar-refractivity contribution in [2.24, 2.45) is 0 Å². The highest BCUT2D eigenvalue weighted by Crippen LogP contribution is 2.30. The maximum atomic E-state index is 12.8. The minimum absolute atomic E-state index is 0.437. The monoisotopic (exact) mass is 542 g/mol.